The number of carboxylic acids is 1. The maximum Gasteiger partial charge on any atom is 0.326 e. The second kappa shape index (κ2) is 12.5. The second-order valence-electron chi connectivity index (χ2n) is 7.75. The van der Waals surface area contributed by atoms with Crippen LogP contribution in [0, 0.1) is 5.92 Å². The van der Waals surface area contributed by atoms with E-state index in [0.717, 1.165) is 0 Å². The van der Waals surface area contributed by atoms with Crippen molar-refractivity contribution in [3.8, 4) is 0 Å². The molecular weight excluding hydrogens is 426 g/mol. The summed E-state index contributed by atoms with van der Waals surface area (Å²) in [4.78, 5) is 61.7. The number of carboxylic acid groups (broad SMARTS) is 1. The molecule has 1 aliphatic heterocycles. The zero-order valence-electron chi connectivity index (χ0n) is 17.9. The van der Waals surface area contributed by atoms with Crippen molar-refractivity contribution in [2.75, 3.05) is 12.3 Å². The number of primary amides is 1. The van der Waals surface area contributed by atoms with Gasteiger partial charge in [-0.05, 0) is 25.2 Å². The van der Waals surface area contributed by atoms with Crippen LogP contribution >= 0.6 is 12.6 Å². The summed E-state index contributed by atoms with van der Waals surface area (Å²) in [6.45, 7) is 3.94. The molecule has 176 valence electrons. The number of thiol groups is 1. The summed E-state index contributed by atoms with van der Waals surface area (Å²) in [6.07, 6.45) is 1.46. The number of nitrogens with one attached hydrogen (secondary N) is 2. The lowest BCUT2D eigenvalue weighted by atomic mass is 9.97. The fourth-order valence-corrected chi connectivity index (χ4v) is 3.56. The molecule has 1 heterocycles. The molecule has 0 spiro atoms. The van der Waals surface area contributed by atoms with Gasteiger partial charge >= 0.3 is 5.97 Å². The Balaban J connectivity index is 2.87. The minimum absolute atomic E-state index is 0.0294. The van der Waals surface area contributed by atoms with E-state index < -0.39 is 53.8 Å². The van der Waals surface area contributed by atoms with Crippen molar-refractivity contribution >= 4 is 42.2 Å². The predicted octanol–water partition coefficient (Wildman–Crippen LogP) is -1.40. The van der Waals surface area contributed by atoms with Gasteiger partial charge in [-0.15, -0.1) is 0 Å². The van der Waals surface area contributed by atoms with Gasteiger partial charge in [-0.2, -0.15) is 12.6 Å². The third-order valence-corrected chi connectivity index (χ3v) is 5.82. The normalized spacial score (nSPS) is 19.7. The first-order chi connectivity index (χ1) is 14.5. The maximum absolute atomic E-state index is 13.1. The van der Waals surface area contributed by atoms with Crippen LogP contribution in [0.3, 0.4) is 0 Å². The number of amides is 4. The third-order valence-electron chi connectivity index (χ3n) is 5.45. The van der Waals surface area contributed by atoms with Gasteiger partial charge in [0.15, 0.2) is 0 Å². The molecule has 4 amide bonds. The molecule has 5 atom stereocenters. The van der Waals surface area contributed by atoms with Crippen LogP contribution in [-0.2, 0) is 24.0 Å². The van der Waals surface area contributed by atoms with E-state index in [0.29, 0.717) is 25.8 Å². The number of carbonyl (C=O) groups is 5. The minimum atomic E-state index is -1.08. The largest absolute Gasteiger partial charge is 0.480 e. The smallest absolute Gasteiger partial charge is 0.326 e. The maximum atomic E-state index is 13.1. The highest BCUT2D eigenvalue weighted by atomic mass is 32.1. The number of aliphatic carboxylic acids is 1. The summed E-state index contributed by atoms with van der Waals surface area (Å²) in [5.41, 5.74) is 10.8. The summed E-state index contributed by atoms with van der Waals surface area (Å²) in [5, 5.41) is 14.5. The molecule has 5 unspecified atom stereocenters. The fraction of sp³-hybridized carbons (Fsp3) is 0.737. The van der Waals surface area contributed by atoms with Crippen molar-refractivity contribution in [1.29, 1.82) is 0 Å². The predicted molar refractivity (Wildman–Crippen MR) is 116 cm³/mol. The van der Waals surface area contributed by atoms with Crippen LogP contribution in [0.1, 0.15) is 46.0 Å². The molecule has 0 bridgehead atoms. The third kappa shape index (κ3) is 7.69. The summed E-state index contributed by atoms with van der Waals surface area (Å²) in [6, 6.07) is -3.96. The number of hydrogen-bond acceptors (Lipinski definition) is 7. The lowest BCUT2D eigenvalue weighted by Gasteiger charge is -2.31. The Kier molecular flexibility index (Phi) is 10.8. The summed E-state index contributed by atoms with van der Waals surface area (Å²) in [7, 11) is 0. The van der Waals surface area contributed by atoms with Gasteiger partial charge in [-0.3, -0.25) is 19.2 Å². The lowest BCUT2D eigenvalue weighted by molar-refractivity contribution is -0.150. The van der Waals surface area contributed by atoms with Gasteiger partial charge in [-0.1, -0.05) is 20.3 Å². The van der Waals surface area contributed by atoms with Crippen molar-refractivity contribution in [3.63, 3.8) is 0 Å². The average Bonchev–Trinajstić information content (AvgIpc) is 3.22. The topological polar surface area (TPSA) is 185 Å². The van der Waals surface area contributed by atoms with Crippen LogP contribution < -0.4 is 22.1 Å². The van der Waals surface area contributed by atoms with Crippen LogP contribution in [0.5, 0.6) is 0 Å². The summed E-state index contributed by atoms with van der Waals surface area (Å²) in [5.74, 6) is -3.73. The lowest BCUT2D eigenvalue weighted by Crippen LogP contribution is -2.59. The van der Waals surface area contributed by atoms with Crippen LogP contribution in [0.25, 0.3) is 0 Å². The fourth-order valence-electron chi connectivity index (χ4n) is 3.30. The van der Waals surface area contributed by atoms with E-state index in [1.165, 1.54) is 4.90 Å². The molecule has 0 aromatic rings. The molecule has 7 N–H and O–H groups in total. The van der Waals surface area contributed by atoms with Crippen molar-refractivity contribution in [2.24, 2.45) is 17.4 Å². The molecule has 1 rings (SSSR count). The van der Waals surface area contributed by atoms with Gasteiger partial charge in [0, 0.05) is 18.7 Å². The number of rotatable bonds is 12. The summed E-state index contributed by atoms with van der Waals surface area (Å²) >= 11 is 4.10. The Hall–Kier alpha value is -2.34. The van der Waals surface area contributed by atoms with Gasteiger partial charge in [0.2, 0.25) is 23.6 Å². The molecule has 0 saturated carbocycles. The monoisotopic (exact) mass is 459 g/mol. The molecule has 0 aromatic carbocycles. The Bertz CT molecular complexity index is 691. The Morgan fingerprint density at radius 3 is 2.35 bits per heavy atom. The molecular formula is C19H33N5O6S. The molecule has 31 heavy (non-hydrogen) atoms. The van der Waals surface area contributed by atoms with Crippen molar-refractivity contribution in [2.45, 2.75) is 70.1 Å². The highest BCUT2D eigenvalue weighted by molar-refractivity contribution is 7.80. The number of nitrogens with two attached hydrogens (primary N) is 2. The van der Waals surface area contributed by atoms with E-state index in [1.54, 1.807) is 6.92 Å². The molecule has 1 fully saturated rings. The number of likely N-dealkylation sites (tertiary alicyclic amines) is 1. The first kappa shape index (κ1) is 26.7. The standard InChI is InChI=1S/C19H33N5O6S/c1-3-10(2)15(18(28)24-8-4-5-13(24)19(29)30)23-17(27)12(9-31)22-16(26)11(20)6-7-14(21)25/h10-13,15,31H,3-9,20H2,1-2H3,(H2,21,25)(H,22,26)(H,23,27)(H,29,30). The first-order valence-electron chi connectivity index (χ1n) is 10.3. The van der Waals surface area contributed by atoms with Gasteiger partial charge in [0.05, 0.1) is 6.04 Å². The first-order valence-corrected chi connectivity index (χ1v) is 10.9. The van der Waals surface area contributed by atoms with E-state index in [4.69, 9.17) is 11.5 Å². The van der Waals surface area contributed by atoms with Gasteiger partial charge in [0.1, 0.15) is 18.1 Å². The number of carbonyl (C=O) groups excluding carboxylic acids is 4. The van der Waals surface area contributed by atoms with Crippen molar-refractivity contribution in [3.05, 3.63) is 0 Å². The second-order valence-corrected chi connectivity index (χ2v) is 8.12. The van der Waals surface area contributed by atoms with Gasteiger partial charge < -0.3 is 32.1 Å². The molecule has 0 aliphatic carbocycles. The van der Waals surface area contributed by atoms with E-state index in [2.05, 4.69) is 23.3 Å². The Morgan fingerprint density at radius 2 is 1.84 bits per heavy atom. The van der Waals surface area contributed by atoms with Gasteiger partial charge in [-0.25, -0.2) is 4.79 Å². The highest BCUT2D eigenvalue weighted by Crippen LogP contribution is 2.21. The number of hydrogen-bond donors (Lipinski definition) is 6. The molecule has 1 aliphatic rings. The zero-order chi connectivity index (χ0) is 23.7. The SMILES string of the molecule is CCC(C)C(NC(=O)C(CS)NC(=O)C(N)CCC(N)=O)C(=O)N1CCCC1C(=O)O. The van der Waals surface area contributed by atoms with Crippen molar-refractivity contribution in [1.82, 2.24) is 15.5 Å². The van der Waals surface area contributed by atoms with Crippen LogP contribution in [0.2, 0.25) is 0 Å². The molecule has 11 nitrogen and oxygen atoms in total. The average molecular weight is 460 g/mol. The highest BCUT2D eigenvalue weighted by Gasteiger charge is 2.39. The van der Waals surface area contributed by atoms with Crippen molar-refractivity contribution < 1.29 is 29.1 Å². The Labute approximate surface area is 187 Å². The minimum Gasteiger partial charge on any atom is -0.480 e. The van der Waals surface area contributed by atoms with E-state index in [1.807, 2.05) is 6.92 Å². The zero-order valence-corrected chi connectivity index (χ0v) is 18.8. The van der Waals surface area contributed by atoms with Gasteiger partial charge in [0.25, 0.3) is 0 Å². The molecule has 0 radical (unpaired) electrons. The Morgan fingerprint density at radius 1 is 1.19 bits per heavy atom. The summed E-state index contributed by atoms with van der Waals surface area (Å²) < 4.78 is 0. The molecule has 12 heteroatoms. The van der Waals surface area contributed by atoms with Crippen LogP contribution in [-0.4, -0.2) is 76.1 Å². The van der Waals surface area contributed by atoms with Crippen LogP contribution in [0.4, 0.5) is 0 Å². The van der Waals surface area contributed by atoms with E-state index >= 15 is 0 Å². The molecule has 1 saturated heterocycles. The quantitative estimate of drug-likeness (QED) is 0.194. The van der Waals surface area contributed by atoms with E-state index in [-0.39, 0.29) is 24.5 Å². The van der Waals surface area contributed by atoms with E-state index in [9.17, 15) is 29.1 Å². The molecule has 0 aromatic heterocycles. The number of nitrogens with zero attached hydrogens (tertiary/aromatic N) is 1. The van der Waals surface area contributed by atoms with Crippen LogP contribution in [0.15, 0.2) is 0 Å².